The van der Waals surface area contributed by atoms with Crippen molar-refractivity contribution in [1.82, 2.24) is 5.32 Å². The fourth-order valence-electron chi connectivity index (χ4n) is 1.31. The summed E-state index contributed by atoms with van der Waals surface area (Å²) < 4.78 is 0. The van der Waals surface area contributed by atoms with Gasteiger partial charge in [0.2, 0.25) is 5.91 Å². The summed E-state index contributed by atoms with van der Waals surface area (Å²) in [6.07, 6.45) is 0. The number of urea groups is 1. The molecule has 0 aliphatic heterocycles. The first kappa shape index (κ1) is 15.2. The lowest BCUT2D eigenvalue weighted by Gasteiger charge is -2.11. The van der Waals surface area contributed by atoms with E-state index in [1.165, 1.54) is 6.07 Å². The van der Waals surface area contributed by atoms with E-state index in [0.717, 1.165) is 5.56 Å². The number of nitrogens with two attached hydrogens (primary N) is 1. The highest BCUT2D eigenvalue weighted by molar-refractivity contribution is 9.10. The number of anilines is 1. The summed E-state index contributed by atoms with van der Waals surface area (Å²) in [5.74, 6) is -0.842. The molecule has 7 heteroatoms. The fraction of sp³-hybridized carbons (Fsp3) is 0.250. The van der Waals surface area contributed by atoms with Crippen LogP contribution in [-0.4, -0.2) is 22.7 Å². The van der Waals surface area contributed by atoms with Crippen molar-refractivity contribution in [2.45, 2.75) is 18.7 Å². The molecular formula is C12H14BrN3O3. The molecule has 0 saturated carbocycles. The van der Waals surface area contributed by atoms with E-state index in [9.17, 15) is 14.4 Å². The number of hydrogen-bond donors (Lipinski definition) is 3. The number of carbonyl (C=O) groups excluding carboxylic acids is 3. The number of alkyl halides is 1. The molecule has 4 N–H and O–H groups in total. The van der Waals surface area contributed by atoms with E-state index in [2.05, 4.69) is 21.2 Å². The maximum atomic E-state index is 11.6. The highest BCUT2D eigenvalue weighted by atomic mass is 79.9. The molecule has 0 unspecified atom stereocenters. The van der Waals surface area contributed by atoms with Crippen LogP contribution in [0.25, 0.3) is 0 Å². The third-order valence-electron chi connectivity index (χ3n) is 2.36. The van der Waals surface area contributed by atoms with Gasteiger partial charge < -0.3 is 11.1 Å². The van der Waals surface area contributed by atoms with Crippen molar-refractivity contribution < 1.29 is 14.4 Å². The number of carbonyl (C=O) groups is 3. The number of hydrogen-bond acceptors (Lipinski definition) is 3. The lowest BCUT2D eigenvalue weighted by molar-refractivity contribution is -0.115. The van der Waals surface area contributed by atoms with Gasteiger partial charge in [0, 0.05) is 11.3 Å². The van der Waals surface area contributed by atoms with Gasteiger partial charge in [0.15, 0.2) is 0 Å². The molecule has 0 heterocycles. The smallest absolute Gasteiger partial charge is 0.319 e. The highest BCUT2D eigenvalue weighted by Crippen LogP contribution is 2.18. The third kappa shape index (κ3) is 4.36. The molecule has 19 heavy (non-hydrogen) atoms. The van der Waals surface area contributed by atoms with Crippen molar-refractivity contribution in [2.75, 3.05) is 5.32 Å². The summed E-state index contributed by atoms with van der Waals surface area (Å²) in [7, 11) is 0. The number of amides is 4. The van der Waals surface area contributed by atoms with Crippen LogP contribution in [0.2, 0.25) is 0 Å². The maximum Gasteiger partial charge on any atom is 0.319 e. The van der Waals surface area contributed by atoms with Crippen LogP contribution in [0.4, 0.5) is 10.5 Å². The molecule has 0 bridgehead atoms. The van der Waals surface area contributed by atoms with Crippen molar-refractivity contribution in [2.24, 2.45) is 5.73 Å². The van der Waals surface area contributed by atoms with Gasteiger partial charge in [-0.1, -0.05) is 22.0 Å². The number of aryl methyl sites for hydroxylation is 1. The normalized spacial score (nSPS) is 11.5. The summed E-state index contributed by atoms with van der Waals surface area (Å²) >= 11 is 3.15. The molecule has 0 aliphatic carbocycles. The zero-order valence-corrected chi connectivity index (χ0v) is 12.1. The lowest BCUT2D eigenvalue weighted by Crippen LogP contribution is -2.35. The van der Waals surface area contributed by atoms with Crippen LogP contribution in [0.3, 0.4) is 0 Å². The average molecular weight is 328 g/mol. The minimum atomic E-state index is -0.926. The van der Waals surface area contributed by atoms with E-state index in [4.69, 9.17) is 5.73 Å². The predicted octanol–water partition coefficient (Wildman–Crippen LogP) is 1.53. The third-order valence-corrected chi connectivity index (χ3v) is 2.77. The zero-order valence-electron chi connectivity index (χ0n) is 10.5. The van der Waals surface area contributed by atoms with Gasteiger partial charge in [-0.3, -0.25) is 14.9 Å². The Balaban J connectivity index is 2.97. The molecule has 0 aromatic heterocycles. The molecule has 0 spiro atoms. The van der Waals surface area contributed by atoms with Gasteiger partial charge in [0.1, 0.15) is 0 Å². The molecule has 1 aromatic rings. The number of primary amides is 1. The Kier molecular flexibility index (Phi) is 5.05. The second-order valence-electron chi connectivity index (χ2n) is 3.95. The van der Waals surface area contributed by atoms with Crippen LogP contribution in [-0.2, 0) is 4.79 Å². The molecule has 4 amide bonds. The van der Waals surface area contributed by atoms with Gasteiger partial charge in [-0.25, -0.2) is 4.79 Å². The van der Waals surface area contributed by atoms with Crippen LogP contribution in [0.1, 0.15) is 22.8 Å². The number of imide groups is 1. The maximum absolute atomic E-state index is 11.6. The van der Waals surface area contributed by atoms with Crippen LogP contribution in [0.15, 0.2) is 18.2 Å². The van der Waals surface area contributed by atoms with Crippen molar-refractivity contribution >= 4 is 39.5 Å². The Hall–Kier alpha value is -1.89. The number of rotatable bonds is 3. The zero-order chi connectivity index (χ0) is 14.6. The van der Waals surface area contributed by atoms with Crippen LogP contribution < -0.4 is 16.4 Å². The molecule has 1 aromatic carbocycles. The molecule has 0 aliphatic rings. The van der Waals surface area contributed by atoms with Crippen molar-refractivity contribution in [3.05, 3.63) is 29.3 Å². The Labute approximate surface area is 118 Å². The molecule has 0 radical (unpaired) electrons. The summed E-state index contributed by atoms with van der Waals surface area (Å²) in [6.45, 7) is 3.48. The summed E-state index contributed by atoms with van der Waals surface area (Å²) in [5, 5.41) is 4.64. The fourth-order valence-corrected chi connectivity index (χ4v) is 1.43. The quantitative estimate of drug-likeness (QED) is 0.733. The standard InChI is InChI=1S/C12H14BrN3O3/c1-6-3-4-8(11(18)16-12(14)19)5-9(6)15-10(17)7(2)13/h3-5,7H,1-2H3,(H,15,17)(H3,14,16,18,19)/t7-/m1/s1. The SMILES string of the molecule is Cc1ccc(C(=O)NC(N)=O)cc1NC(=O)[C@@H](C)Br. The topological polar surface area (TPSA) is 101 Å². The second kappa shape index (κ2) is 6.33. The van der Waals surface area contributed by atoms with Crippen LogP contribution in [0.5, 0.6) is 0 Å². The Morgan fingerprint density at radius 2 is 1.95 bits per heavy atom. The second-order valence-corrected chi connectivity index (χ2v) is 5.33. The van der Waals surface area contributed by atoms with Gasteiger partial charge in [0.05, 0.1) is 4.83 Å². The van der Waals surface area contributed by atoms with Gasteiger partial charge in [-0.15, -0.1) is 0 Å². The van der Waals surface area contributed by atoms with Crippen molar-refractivity contribution in [1.29, 1.82) is 0 Å². The summed E-state index contributed by atoms with van der Waals surface area (Å²) in [4.78, 5) is 33.5. The van der Waals surface area contributed by atoms with Gasteiger partial charge in [-0.2, -0.15) is 0 Å². The summed E-state index contributed by atoms with van der Waals surface area (Å²) in [6, 6.07) is 3.77. The van der Waals surface area contributed by atoms with E-state index >= 15 is 0 Å². The van der Waals surface area contributed by atoms with E-state index < -0.39 is 11.9 Å². The summed E-state index contributed by atoms with van der Waals surface area (Å²) in [5.41, 5.74) is 6.42. The highest BCUT2D eigenvalue weighted by Gasteiger charge is 2.13. The first-order valence-electron chi connectivity index (χ1n) is 5.47. The first-order chi connectivity index (χ1) is 8.81. The minimum Gasteiger partial charge on any atom is -0.351 e. The predicted molar refractivity (Wildman–Crippen MR) is 75.2 cm³/mol. The molecule has 1 atom stereocenters. The van der Waals surface area contributed by atoms with E-state index in [0.29, 0.717) is 5.69 Å². The van der Waals surface area contributed by atoms with E-state index in [1.807, 2.05) is 5.32 Å². The number of halogens is 1. The van der Waals surface area contributed by atoms with E-state index in [-0.39, 0.29) is 16.3 Å². The number of benzene rings is 1. The molecule has 0 saturated heterocycles. The number of nitrogens with one attached hydrogen (secondary N) is 2. The van der Waals surface area contributed by atoms with Gasteiger partial charge in [-0.05, 0) is 31.5 Å². The Bertz CT molecular complexity index is 529. The monoisotopic (exact) mass is 327 g/mol. The van der Waals surface area contributed by atoms with Crippen LogP contribution in [0, 0.1) is 6.92 Å². The largest absolute Gasteiger partial charge is 0.351 e. The lowest BCUT2D eigenvalue weighted by atomic mass is 10.1. The van der Waals surface area contributed by atoms with Gasteiger partial charge in [0.25, 0.3) is 5.91 Å². The Morgan fingerprint density at radius 3 is 2.47 bits per heavy atom. The van der Waals surface area contributed by atoms with Gasteiger partial charge >= 0.3 is 6.03 Å². The molecule has 102 valence electrons. The molecule has 0 fully saturated rings. The minimum absolute atomic E-state index is 0.226. The van der Waals surface area contributed by atoms with E-state index in [1.54, 1.807) is 26.0 Å². The molecule has 6 nitrogen and oxygen atoms in total. The van der Waals surface area contributed by atoms with Crippen molar-refractivity contribution in [3.63, 3.8) is 0 Å². The first-order valence-corrected chi connectivity index (χ1v) is 6.39. The Morgan fingerprint density at radius 1 is 1.32 bits per heavy atom. The van der Waals surface area contributed by atoms with Crippen molar-refractivity contribution in [3.8, 4) is 0 Å². The van der Waals surface area contributed by atoms with Crippen LogP contribution >= 0.6 is 15.9 Å². The molecule has 1 rings (SSSR count). The molecular weight excluding hydrogens is 314 g/mol. The average Bonchev–Trinajstić information content (AvgIpc) is 2.30.